The lowest BCUT2D eigenvalue weighted by molar-refractivity contribution is -0.153. The van der Waals surface area contributed by atoms with Crippen LogP contribution in [0.2, 0.25) is 0 Å². The van der Waals surface area contributed by atoms with E-state index in [-0.39, 0.29) is 38.7 Å². The molecule has 2 atom stereocenters. The number of carbonyl (C=O) groups is 2. The number of esters is 1. The van der Waals surface area contributed by atoms with Gasteiger partial charge in [-0.2, -0.15) is 0 Å². The van der Waals surface area contributed by atoms with Gasteiger partial charge in [0, 0.05) is 19.4 Å². The largest absolute Gasteiger partial charge is 0.498 e. The van der Waals surface area contributed by atoms with Crippen molar-refractivity contribution in [2.24, 2.45) is 0 Å². The van der Waals surface area contributed by atoms with Crippen LogP contribution in [-0.4, -0.2) is 49.2 Å². The standard InChI is InChI=1S/C61H108NO8P/c1-4-7-10-13-16-19-22-25-27-29-30-31-32-35-38-41-44-47-50-53-61(64)70-59(57-67-55-51-48-45-42-39-36-33-28-26-23-20-17-14-11-8-5-2)58-69-71(65,66)68-56-54-62-60(63)52-49-46-43-40-37-34-24-21-18-15-12-9-6-3/h7,10,16,19,25,27,30-31,35,38,44,47,51,55,59H,4-6,8-9,11-15,17-18,20-24,26,28-29,32-34,36-37,39-43,45-46,48-50,52-54,56-58H2,1-3H3,(H,62,63)(H,65,66)/b10-7-,19-16-,27-25-,31-30-,38-35-,47-44-,55-51-/t59-/m1/s1. The summed E-state index contributed by atoms with van der Waals surface area (Å²) in [5.41, 5.74) is 0. The van der Waals surface area contributed by atoms with E-state index in [4.69, 9.17) is 18.5 Å². The number of unbranched alkanes of at least 4 members (excludes halogenated alkanes) is 26. The maximum Gasteiger partial charge on any atom is 0.472 e. The Hall–Kier alpha value is -2.97. The molecule has 0 aliphatic carbocycles. The fourth-order valence-electron chi connectivity index (χ4n) is 7.92. The first kappa shape index (κ1) is 68.0. The first-order chi connectivity index (χ1) is 34.8. The minimum absolute atomic E-state index is 0.0316. The van der Waals surface area contributed by atoms with Crippen LogP contribution in [0.3, 0.4) is 0 Å². The molecule has 0 fully saturated rings. The Morgan fingerprint density at radius 2 is 0.873 bits per heavy atom. The summed E-state index contributed by atoms with van der Waals surface area (Å²) in [4.78, 5) is 35.5. The Labute approximate surface area is 436 Å². The van der Waals surface area contributed by atoms with Crippen molar-refractivity contribution in [3.05, 3.63) is 85.3 Å². The molecule has 0 rings (SSSR count). The highest BCUT2D eigenvalue weighted by molar-refractivity contribution is 7.47. The summed E-state index contributed by atoms with van der Waals surface area (Å²) in [6, 6.07) is 0. The number of phosphoric ester groups is 1. The molecule has 9 nitrogen and oxygen atoms in total. The van der Waals surface area contributed by atoms with E-state index in [1.165, 1.54) is 148 Å². The summed E-state index contributed by atoms with van der Waals surface area (Å²) in [6.45, 7) is 6.16. The summed E-state index contributed by atoms with van der Waals surface area (Å²) in [7, 11) is -4.48. The van der Waals surface area contributed by atoms with Crippen LogP contribution in [0.4, 0.5) is 0 Å². The van der Waals surface area contributed by atoms with Gasteiger partial charge in [-0.25, -0.2) is 4.57 Å². The molecule has 0 saturated carbocycles. The lowest BCUT2D eigenvalue weighted by atomic mass is 10.0. The minimum Gasteiger partial charge on any atom is -0.498 e. The number of allylic oxidation sites excluding steroid dienone is 13. The summed E-state index contributed by atoms with van der Waals surface area (Å²) >= 11 is 0. The maximum atomic E-state index is 12.8. The molecule has 410 valence electrons. The molecule has 0 saturated heterocycles. The number of hydrogen-bond donors (Lipinski definition) is 2. The second kappa shape index (κ2) is 56.3. The van der Waals surface area contributed by atoms with E-state index in [0.29, 0.717) is 12.8 Å². The number of ether oxygens (including phenoxy) is 2. The highest BCUT2D eigenvalue weighted by atomic mass is 31.2. The molecule has 10 heteroatoms. The average molecular weight is 1010 g/mol. The summed E-state index contributed by atoms with van der Waals surface area (Å²) in [6.07, 6.45) is 70.6. The Kier molecular flexibility index (Phi) is 54.0. The minimum atomic E-state index is -4.48. The topological polar surface area (TPSA) is 120 Å². The van der Waals surface area contributed by atoms with Crippen molar-refractivity contribution in [1.82, 2.24) is 5.32 Å². The van der Waals surface area contributed by atoms with Crippen LogP contribution >= 0.6 is 7.82 Å². The third-order valence-electron chi connectivity index (χ3n) is 12.2. The smallest absolute Gasteiger partial charge is 0.472 e. The van der Waals surface area contributed by atoms with Gasteiger partial charge >= 0.3 is 13.8 Å². The molecule has 2 N–H and O–H groups in total. The van der Waals surface area contributed by atoms with Gasteiger partial charge in [0.15, 0.2) is 6.10 Å². The van der Waals surface area contributed by atoms with Crippen molar-refractivity contribution >= 4 is 19.7 Å². The number of phosphoric acid groups is 1. The van der Waals surface area contributed by atoms with Crippen molar-refractivity contribution in [1.29, 1.82) is 0 Å². The SMILES string of the molecule is CC/C=C\C/C=C\C/C=C\C/C=C\C/C=C\C/C=C\CCC(=O)O[C@H](CO/C=C\CCCCCCCCCCCCCCCC)COP(=O)(O)OCCNC(=O)CCCCCCCCCCCCCCC. The van der Waals surface area contributed by atoms with Gasteiger partial charge in [0.1, 0.15) is 6.61 Å². The molecule has 1 amide bonds. The zero-order valence-electron chi connectivity index (χ0n) is 45.9. The highest BCUT2D eigenvalue weighted by Crippen LogP contribution is 2.43. The average Bonchev–Trinajstić information content (AvgIpc) is 3.36. The quantitative estimate of drug-likeness (QED) is 0.0203. The van der Waals surface area contributed by atoms with Gasteiger partial charge in [-0.3, -0.25) is 18.6 Å². The molecule has 71 heavy (non-hydrogen) atoms. The Bertz CT molecular complexity index is 1440. The fourth-order valence-corrected chi connectivity index (χ4v) is 8.67. The van der Waals surface area contributed by atoms with E-state index in [9.17, 15) is 19.0 Å². The molecule has 0 bridgehead atoms. The molecule has 0 radical (unpaired) electrons. The molecule has 0 aromatic carbocycles. The number of amides is 1. The van der Waals surface area contributed by atoms with E-state index < -0.39 is 19.9 Å². The summed E-state index contributed by atoms with van der Waals surface area (Å²) in [5, 5.41) is 2.76. The number of rotatable bonds is 54. The van der Waals surface area contributed by atoms with Crippen molar-refractivity contribution in [2.45, 2.75) is 264 Å². The van der Waals surface area contributed by atoms with Crippen molar-refractivity contribution in [3.63, 3.8) is 0 Å². The van der Waals surface area contributed by atoms with E-state index in [0.717, 1.165) is 70.6 Å². The van der Waals surface area contributed by atoms with Crippen LogP contribution < -0.4 is 5.32 Å². The van der Waals surface area contributed by atoms with E-state index >= 15 is 0 Å². The van der Waals surface area contributed by atoms with Crippen molar-refractivity contribution in [2.75, 3.05) is 26.4 Å². The number of nitrogens with one attached hydrogen (secondary N) is 1. The van der Waals surface area contributed by atoms with Gasteiger partial charge in [0.05, 0.1) is 19.5 Å². The monoisotopic (exact) mass is 1010 g/mol. The normalized spacial score (nSPS) is 13.6. The first-order valence-corrected chi connectivity index (χ1v) is 30.6. The van der Waals surface area contributed by atoms with Gasteiger partial charge < -0.3 is 19.7 Å². The molecular weight excluding hydrogens is 906 g/mol. The van der Waals surface area contributed by atoms with Crippen LogP contribution in [-0.2, 0) is 32.7 Å². The molecule has 0 heterocycles. The molecule has 0 aliphatic heterocycles. The number of hydrogen-bond acceptors (Lipinski definition) is 7. The zero-order valence-corrected chi connectivity index (χ0v) is 46.8. The van der Waals surface area contributed by atoms with Crippen LogP contribution in [0.1, 0.15) is 258 Å². The van der Waals surface area contributed by atoms with Gasteiger partial charge in [-0.15, -0.1) is 0 Å². The van der Waals surface area contributed by atoms with E-state index in [1.807, 2.05) is 18.2 Å². The molecule has 0 aromatic rings. The van der Waals surface area contributed by atoms with Gasteiger partial charge in [-0.05, 0) is 70.3 Å². The second-order valence-electron chi connectivity index (χ2n) is 19.1. The van der Waals surface area contributed by atoms with Gasteiger partial charge in [-0.1, -0.05) is 254 Å². The third-order valence-corrected chi connectivity index (χ3v) is 13.2. The van der Waals surface area contributed by atoms with Crippen LogP contribution in [0.25, 0.3) is 0 Å². The van der Waals surface area contributed by atoms with E-state index in [2.05, 4.69) is 86.8 Å². The summed E-state index contributed by atoms with van der Waals surface area (Å²) in [5.74, 6) is -0.552. The number of carbonyl (C=O) groups excluding carboxylic acids is 2. The maximum absolute atomic E-state index is 12.8. The Balaban J connectivity index is 4.59. The van der Waals surface area contributed by atoms with Crippen LogP contribution in [0.5, 0.6) is 0 Å². The highest BCUT2D eigenvalue weighted by Gasteiger charge is 2.25. The van der Waals surface area contributed by atoms with Crippen molar-refractivity contribution < 1.29 is 37.6 Å². The molecule has 0 aliphatic rings. The lowest BCUT2D eigenvalue weighted by Gasteiger charge is -2.19. The Morgan fingerprint density at radius 3 is 1.32 bits per heavy atom. The Morgan fingerprint density at radius 1 is 0.465 bits per heavy atom. The molecular formula is C61H108NO8P. The second-order valence-corrected chi connectivity index (χ2v) is 20.5. The predicted octanol–water partition coefficient (Wildman–Crippen LogP) is 18.5. The van der Waals surface area contributed by atoms with Crippen LogP contribution in [0, 0.1) is 0 Å². The first-order valence-electron chi connectivity index (χ1n) is 29.1. The van der Waals surface area contributed by atoms with E-state index in [1.54, 1.807) is 6.26 Å². The molecule has 0 aromatic heterocycles. The fraction of sp³-hybridized carbons (Fsp3) is 0.738. The molecule has 0 spiro atoms. The lowest BCUT2D eigenvalue weighted by Crippen LogP contribution is -2.28. The van der Waals surface area contributed by atoms with Crippen molar-refractivity contribution in [3.8, 4) is 0 Å². The predicted molar refractivity (Wildman–Crippen MR) is 302 cm³/mol. The zero-order chi connectivity index (χ0) is 51.7. The third kappa shape index (κ3) is 56.2. The van der Waals surface area contributed by atoms with Gasteiger partial charge in [0.2, 0.25) is 5.91 Å². The molecule has 1 unspecified atom stereocenters. The van der Waals surface area contributed by atoms with Crippen LogP contribution in [0.15, 0.2) is 85.3 Å². The summed E-state index contributed by atoms with van der Waals surface area (Å²) < 4.78 is 34.5. The van der Waals surface area contributed by atoms with Gasteiger partial charge in [0.25, 0.3) is 0 Å².